The van der Waals surface area contributed by atoms with Gasteiger partial charge in [0.2, 0.25) is 0 Å². The van der Waals surface area contributed by atoms with Crippen molar-refractivity contribution < 1.29 is 9.53 Å². The van der Waals surface area contributed by atoms with E-state index in [1.165, 1.54) is 0 Å². The summed E-state index contributed by atoms with van der Waals surface area (Å²) >= 11 is 0. The second kappa shape index (κ2) is 8.24. The molecule has 2 aromatic rings. The highest BCUT2D eigenvalue weighted by Crippen LogP contribution is 2.31. The Morgan fingerprint density at radius 1 is 1.32 bits per heavy atom. The minimum Gasteiger partial charge on any atom is -0.383 e. The molecule has 2 aromatic heterocycles. The van der Waals surface area contributed by atoms with Crippen molar-refractivity contribution in [2.24, 2.45) is 5.92 Å². The number of ether oxygens (including phenoxy) is 1. The molecule has 2 atom stereocenters. The largest absolute Gasteiger partial charge is 0.383 e. The van der Waals surface area contributed by atoms with Gasteiger partial charge in [-0.05, 0) is 43.1 Å². The van der Waals surface area contributed by atoms with Crippen LogP contribution in [-0.4, -0.2) is 53.7 Å². The van der Waals surface area contributed by atoms with Crippen molar-refractivity contribution in [3.8, 4) is 0 Å². The van der Waals surface area contributed by atoms with Crippen LogP contribution in [0.4, 0.5) is 0 Å². The number of pyridine rings is 2. The Hall–Kier alpha value is -2.51. The van der Waals surface area contributed by atoms with Crippen molar-refractivity contribution in [2.75, 3.05) is 33.4 Å². The molecular formula is C21H26N4O3. The summed E-state index contributed by atoms with van der Waals surface area (Å²) in [7, 11) is 1.60. The first-order valence-electron chi connectivity index (χ1n) is 9.80. The molecule has 0 aromatic carbocycles. The highest BCUT2D eigenvalue weighted by atomic mass is 16.5. The molecule has 0 spiro atoms. The fraction of sp³-hybridized carbons (Fsp3) is 0.476. The van der Waals surface area contributed by atoms with E-state index in [2.05, 4.69) is 10.3 Å². The predicted octanol–water partition coefficient (Wildman–Crippen LogP) is 1.24. The number of aromatic nitrogens is 2. The lowest BCUT2D eigenvalue weighted by Gasteiger charge is -2.37. The molecule has 0 radical (unpaired) electrons. The summed E-state index contributed by atoms with van der Waals surface area (Å²) in [4.78, 5) is 32.3. The molecule has 2 aliphatic rings. The Bertz CT molecular complexity index is 896. The summed E-state index contributed by atoms with van der Waals surface area (Å²) in [6.45, 7) is 3.66. The SMILES string of the molecule is COCCN(Cc1ccccn1)C(=O)c1ccc2n(c1=O)C[C@@H]1CNC[C@H]2C1. The Morgan fingerprint density at radius 2 is 2.21 bits per heavy atom. The van der Waals surface area contributed by atoms with Crippen molar-refractivity contribution >= 4 is 5.91 Å². The number of nitrogens with zero attached hydrogens (tertiary/aromatic N) is 3. The predicted molar refractivity (Wildman–Crippen MR) is 105 cm³/mol. The van der Waals surface area contributed by atoms with E-state index in [1.54, 1.807) is 24.3 Å². The van der Waals surface area contributed by atoms with Crippen LogP contribution >= 0.6 is 0 Å². The van der Waals surface area contributed by atoms with Crippen LogP contribution in [-0.2, 0) is 17.8 Å². The number of methoxy groups -OCH3 is 1. The standard InChI is InChI=1S/C21H26N4O3/c1-28-9-8-24(14-17-4-2-3-7-23-17)20(26)18-5-6-19-16-10-15(11-22-12-16)13-25(19)21(18)27/h2-7,15-16,22H,8-14H2,1H3/t15-,16+/m0/s1. The normalized spacial score (nSPS) is 20.5. The topological polar surface area (TPSA) is 76.5 Å². The van der Waals surface area contributed by atoms with Crippen molar-refractivity contribution in [3.63, 3.8) is 0 Å². The minimum atomic E-state index is -0.267. The molecule has 0 saturated carbocycles. The quantitative estimate of drug-likeness (QED) is 0.814. The highest BCUT2D eigenvalue weighted by Gasteiger charge is 2.32. The third-order valence-electron chi connectivity index (χ3n) is 5.67. The van der Waals surface area contributed by atoms with Crippen molar-refractivity contribution in [2.45, 2.75) is 25.4 Å². The van der Waals surface area contributed by atoms with Gasteiger partial charge in [0.25, 0.3) is 11.5 Å². The highest BCUT2D eigenvalue weighted by molar-refractivity contribution is 5.93. The second-order valence-electron chi connectivity index (χ2n) is 7.59. The molecule has 1 saturated heterocycles. The number of hydrogen-bond donors (Lipinski definition) is 1. The summed E-state index contributed by atoms with van der Waals surface area (Å²) in [5.41, 5.74) is 1.87. The van der Waals surface area contributed by atoms with Gasteiger partial charge >= 0.3 is 0 Å². The van der Waals surface area contributed by atoms with Gasteiger partial charge in [0.1, 0.15) is 5.56 Å². The summed E-state index contributed by atoms with van der Waals surface area (Å²) in [6.07, 6.45) is 2.81. The molecule has 7 nitrogen and oxygen atoms in total. The van der Waals surface area contributed by atoms with Crippen LogP contribution in [0.3, 0.4) is 0 Å². The lowest BCUT2D eigenvalue weighted by molar-refractivity contribution is 0.0674. The van der Waals surface area contributed by atoms with Gasteiger partial charge in [0, 0.05) is 44.6 Å². The van der Waals surface area contributed by atoms with Crippen molar-refractivity contribution in [1.82, 2.24) is 19.8 Å². The van der Waals surface area contributed by atoms with E-state index < -0.39 is 0 Å². The van der Waals surface area contributed by atoms with E-state index in [-0.39, 0.29) is 17.0 Å². The van der Waals surface area contributed by atoms with Gasteiger partial charge in [0.15, 0.2) is 0 Å². The minimum absolute atomic E-state index is 0.178. The zero-order valence-electron chi connectivity index (χ0n) is 16.1. The fourth-order valence-electron chi connectivity index (χ4n) is 4.26. The molecule has 0 aliphatic carbocycles. The molecule has 28 heavy (non-hydrogen) atoms. The molecule has 2 bridgehead atoms. The van der Waals surface area contributed by atoms with Crippen LogP contribution in [0.5, 0.6) is 0 Å². The van der Waals surface area contributed by atoms with Crippen molar-refractivity contribution in [3.05, 3.63) is 63.8 Å². The molecule has 0 unspecified atom stereocenters. The van der Waals surface area contributed by atoms with E-state index in [9.17, 15) is 9.59 Å². The number of nitrogens with one attached hydrogen (secondary N) is 1. The lowest BCUT2D eigenvalue weighted by Crippen LogP contribution is -2.46. The zero-order chi connectivity index (χ0) is 19.5. The van der Waals surface area contributed by atoms with E-state index in [1.807, 2.05) is 28.8 Å². The number of fused-ring (bicyclic) bond motifs is 4. The Labute approximate surface area is 164 Å². The zero-order valence-corrected chi connectivity index (χ0v) is 16.1. The van der Waals surface area contributed by atoms with Gasteiger partial charge in [-0.2, -0.15) is 0 Å². The summed E-state index contributed by atoms with van der Waals surface area (Å²) < 4.78 is 6.98. The average molecular weight is 382 g/mol. The number of piperidine rings is 1. The fourth-order valence-corrected chi connectivity index (χ4v) is 4.26. The number of carbonyl (C=O) groups is 1. The molecule has 1 N–H and O–H groups in total. The smallest absolute Gasteiger partial charge is 0.263 e. The molecule has 7 heteroatoms. The molecular weight excluding hydrogens is 356 g/mol. The van der Waals surface area contributed by atoms with Gasteiger partial charge in [0.05, 0.1) is 18.8 Å². The average Bonchev–Trinajstić information content (AvgIpc) is 2.72. The number of amides is 1. The van der Waals surface area contributed by atoms with E-state index in [4.69, 9.17) is 4.74 Å². The van der Waals surface area contributed by atoms with Gasteiger partial charge < -0.3 is 19.5 Å². The van der Waals surface area contributed by atoms with Crippen LogP contribution in [0.25, 0.3) is 0 Å². The molecule has 1 amide bonds. The first-order valence-corrected chi connectivity index (χ1v) is 9.80. The number of rotatable bonds is 6. The maximum atomic E-state index is 13.2. The van der Waals surface area contributed by atoms with Crippen LogP contribution in [0.15, 0.2) is 41.3 Å². The molecule has 2 aliphatic heterocycles. The van der Waals surface area contributed by atoms with Gasteiger partial charge in [-0.3, -0.25) is 14.6 Å². The van der Waals surface area contributed by atoms with Crippen LogP contribution in [0.1, 0.15) is 34.1 Å². The number of hydrogen-bond acceptors (Lipinski definition) is 5. The maximum Gasteiger partial charge on any atom is 0.263 e. The van der Waals surface area contributed by atoms with Crippen LogP contribution < -0.4 is 10.9 Å². The molecule has 4 heterocycles. The summed E-state index contributed by atoms with van der Waals surface area (Å²) in [5, 5.41) is 3.44. The van der Waals surface area contributed by atoms with Gasteiger partial charge in [-0.25, -0.2) is 0 Å². The summed E-state index contributed by atoms with van der Waals surface area (Å²) in [6, 6.07) is 9.26. The third-order valence-corrected chi connectivity index (χ3v) is 5.67. The summed E-state index contributed by atoms with van der Waals surface area (Å²) in [5.74, 6) is 0.534. The first kappa shape index (κ1) is 18.8. The Morgan fingerprint density at radius 3 is 3.00 bits per heavy atom. The Balaban J connectivity index is 1.63. The molecule has 148 valence electrons. The van der Waals surface area contributed by atoms with Gasteiger partial charge in [-0.1, -0.05) is 6.07 Å². The first-order chi connectivity index (χ1) is 13.7. The van der Waals surface area contributed by atoms with Crippen LogP contribution in [0, 0.1) is 5.92 Å². The molecule has 1 fully saturated rings. The van der Waals surface area contributed by atoms with E-state index in [0.717, 1.165) is 30.9 Å². The van der Waals surface area contributed by atoms with E-state index in [0.29, 0.717) is 38.1 Å². The third kappa shape index (κ3) is 3.72. The van der Waals surface area contributed by atoms with Gasteiger partial charge in [-0.15, -0.1) is 0 Å². The van der Waals surface area contributed by atoms with Crippen molar-refractivity contribution in [1.29, 1.82) is 0 Å². The molecule has 4 rings (SSSR count). The Kier molecular flexibility index (Phi) is 5.54. The maximum absolute atomic E-state index is 13.2. The number of carbonyl (C=O) groups excluding carboxylic acids is 1. The van der Waals surface area contributed by atoms with Crippen LogP contribution in [0.2, 0.25) is 0 Å². The lowest BCUT2D eigenvalue weighted by atomic mass is 9.84. The second-order valence-corrected chi connectivity index (χ2v) is 7.59. The van der Waals surface area contributed by atoms with E-state index >= 15 is 0 Å². The monoisotopic (exact) mass is 382 g/mol.